The van der Waals surface area contributed by atoms with E-state index in [2.05, 4.69) is 24.1 Å². The Hall–Kier alpha value is -0.640. The van der Waals surface area contributed by atoms with Gasteiger partial charge < -0.3 is 5.32 Å². The number of benzene rings is 1. The van der Waals surface area contributed by atoms with Gasteiger partial charge in [0.1, 0.15) is 5.82 Å². The number of rotatable bonds is 4. The van der Waals surface area contributed by atoms with Gasteiger partial charge in [-0.2, -0.15) is 0 Å². The Morgan fingerprint density at radius 1 is 1.47 bits per heavy atom. The van der Waals surface area contributed by atoms with Crippen LogP contribution in [0.5, 0.6) is 0 Å². The molecule has 0 spiro atoms. The van der Waals surface area contributed by atoms with E-state index in [-0.39, 0.29) is 11.9 Å². The summed E-state index contributed by atoms with van der Waals surface area (Å²) < 4.78 is 13.2. The first-order valence-corrected chi connectivity index (χ1v) is 7.27. The van der Waals surface area contributed by atoms with E-state index in [0.29, 0.717) is 17.0 Å². The zero-order chi connectivity index (χ0) is 14.0. The van der Waals surface area contributed by atoms with Crippen LogP contribution in [0.2, 0.25) is 5.02 Å². The van der Waals surface area contributed by atoms with Gasteiger partial charge in [-0.15, -0.1) is 0 Å². The molecule has 1 aliphatic heterocycles. The number of halogens is 2. The van der Waals surface area contributed by atoms with Crippen LogP contribution < -0.4 is 5.32 Å². The highest BCUT2D eigenvalue weighted by Crippen LogP contribution is 2.41. The Balaban J connectivity index is 2.34. The summed E-state index contributed by atoms with van der Waals surface area (Å²) in [7, 11) is 1.97. The molecule has 0 aliphatic carbocycles. The van der Waals surface area contributed by atoms with Gasteiger partial charge in [-0.1, -0.05) is 17.7 Å². The molecule has 4 heteroatoms. The van der Waals surface area contributed by atoms with Crippen LogP contribution in [-0.4, -0.2) is 31.1 Å². The smallest absolute Gasteiger partial charge is 0.124 e. The van der Waals surface area contributed by atoms with Crippen LogP contribution >= 0.6 is 11.6 Å². The van der Waals surface area contributed by atoms with Gasteiger partial charge in [0, 0.05) is 17.1 Å². The van der Waals surface area contributed by atoms with E-state index < -0.39 is 0 Å². The molecule has 2 atom stereocenters. The van der Waals surface area contributed by atoms with Gasteiger partial charge in [0.15, 0.2) is 0 Å². The van der Waals surface area contributed by atoms with Crippen molar-refractivity contribution in [2.45, 2.75) is 32.4 Å². The zero-order valence-corrected chi connectivity index (χ0v) is 12.5. The minimum atomic E-state index is -0.270. The molecular weight excluding hydrogens is 263 g/mol. The summed E-state index contributed by atoms with van der Waals surface area (Å²) in [6.07, 6.45) is 1.15. The van der Waals surface area contributed by atoms with Crippen LogP contribution in [0.25, 0.3) is 0 Å². The van der Waals surface area contributed by atoms with Crippen LogP contribution in [-0.2, 0) is 0 Å². The highest BCUT2D eigenvalue weighted by molar-refractivity contribution is 6.31. The van der Waals surface area contributed by atoms with Gasteiger partial charge in [-0.25, -0.2) is 4.39 Å². The Morgan fingerprint density at radius 2 is 2.21 bits per heavy atom. The molecule has 1 aromatic rings. The van der Waals surface area contributed by atoms with Crippen molar-refractivity contribution in [3.8, 4) is 0 Å². The maximum Gasteiger partial charge on any atom is 0.124 e. The molecule has 0 aromatic heterocycles. The topological polar surface area (TPSA) is 15.3 Å². The summed E-state index contributed by atoms with van der Waals surface area (Å²) >= 11 is 6.26. The lowest BCUT2D eigenvalue weighted by Crippen LogP contribution is -2.34. The summed E-state index contributed by atoms with van der Waals surface area (Å²) in [5, 5.41) is 3.80. The molecule has 0 bridgehead atoms. The molecule has 2 rings (SSSR count). The number of hydrogen-bond donors (Lipinski definition) is 1. The predicted molar refractivity (Wildman–Crippen MR) is 78.0 cm³/mol. The molecule has 19 heavy (non-hydrogen) atoms. The minimum absolute atomic E-state index is 0.270. The fraction of sp³-hybridized carbons (Fsp3) is 0.600. The number of hydrogen-bond acceptors (Lipinski definition) is 2. The van der Waals surface area contributed by atoms with Crippen LogP contribution in [0.4, 0.5) is 4.39 Å². The summed E-state index contributed by atoms with van der Waals surface area (Å²) in [6, 6.07) is 5.51. The van der Waals surface area contributed by atoms with Crippen molar-refractivity contribution in [1.82, 2.24) is 10.2 Å². The van der Waals surface area contributed by atoms with Gasteiger partial charge in [0.2, 0.25) is 0 Å². The van der Waals surface area contributed by atoms with Gasteiger partial charge in [-0.05, 0) is 64.0 Å². The summed E-state index contributed by atoms with van der Waals surface area (Å²) in [6.45, 7) is 6.43. The van der Waals surface area contributed by atoms with Gasteiger partial charge in [0.25, 0.3) is 0 Å². The van der Waals surface area contributed by atoms with E-state index in [0.717, 1.165) is 25.1 Å². The first kappa shape index (κ1) is 14.8. The zero-order valence-electron chi connectivity index (χ0n) is 11.8. The monoisotopic (exact) mass is 284 g/mol. The lowest BCUT2D eigenvalue weighted by atomic mass is 9.93. The van der Waals surface area contributed by atoms with Crippen LogP contribution in [0, 0.1) is 11.7 Å². The lowest BCUT2D eigenvalue weighted by molar-refractivity contribution is 0.182. The standard InChI is InChI=1S/C15H22ClFN2/c1-10(2)19-7-6-11(9-18-3)15(19)13-5-4-12(17)8-14(13)16/h4-5,8,10-11,15,18H,6-7,9H2,1-3H3. The minimum Gasteiger partial charge on any atom is -0.319 e. The second kappa shape index (κ2) is 6.21. The van der Waals surface area contributed by atoms with Gasteiger partial charge in [-0.3, -0.25) is 4.90 Å². The van der Waals surface area contributed by atoms with Crippen LogP contribution in [0.15, 0.2) is 18.2 Å². The maximum atomic E-state index is 13.2. The van der Waals surface area contributed by atoms with E-state index in [9.17, 15) is 4.39 Å². The third-order valence-electron chi connectivity index (χ3n) is 3.97. The van der Waals surface area contributed by atoms with E-state index in [1.165, 1.54) is 12.1 Å². The summed E-state index contributed by atoms with van der Waals surface area (Å²) in [5.74, 6) is 0.253. The van der Waals surface area contributed by atoms with Crippen molar-refractivity contribution in [3.63, 3.8) is 0 Å². The van der Waals surface area contributed by atoms with E-state index >= 15 is 0 Å². The number of nitrogens with one attached hydrogen (secondary N) is 1. The van der Waals surface area contributed by atoms with Gasteiger partial charge in [0.05, 0.1) is 0 Å². The Kier molecular flexibility index (Phi) is 4.82. The predicted octanol–water partition coefficient (Wildman–Crippen LogP) is 3.47. The van der Waals surface area contributed by atoms with E-state index in [1.807, 2.05) is 13.1 Å². The number of nitrogens with zero attached hydrogens (tertiary/aromatic N) is 1. The van der Waals surface area contributed by atoms with Crippen LogP contribution in [0.3, 0.4) is 0 Å². The van der Waals surface area contributed by atoms with Crippen molar-refractivity contribution in [2.75, 3.05) is 20.1 Å². The second-order valence-electron chi connectivity index (χ2n) is 5.55. The first-order valence-electron chi connectivity index (χ1n) is 6.90. The molecule has 1 fully saturated rings. The van der Waals surface area contributed by atoms with Crippen molar-refractivity contribution >= 4 is 11.6 Å². The molecular formula is C15H22ClFN2. The molecule has 2 nitrogen and oxygen atoms in total. The average molecular weight is 285 g/mol. The first-order chi connectivity index (χ1) is 9.04. The van der Waals surface area contributed by atoms with Crippen molar-refractivity contribution in [2.24, 2.45) is 5.92 Å². The third kappa shape index (κ3) is 3.10. The third-order valence-corrected chi connectivity index (χ3v) is 4.30. The fourth-order valence-electron chi connectivity index (χ4n) is 3.11. The van der Waals surface area contributed by atoms with Gasteiger partial charge >= 0.3 is 0 Å². The maximum absolute atomic E-state index is 13.2. The van der Waals surface area contributed by atoms with E-state index in [4.69, 9.17) is 11.6 Å². The molecule has 1 aliphatic rings. The van der Waals surface area contributed by atoms with Crippen LogP contribution in [0.1, 0.15) is 31.9 Å². The lowest BCUT2D eigenvalue weighted by Gasteiger charge is -2.32. The van der Waals surface area contributed by atoms with E-state index in [1.54, 1.807) is 0 Å². The molecule has 1 N–H and O–H groups in total. The molecule has 0 amide bonds. The summed E-state index contributed by atoms with van der Waals surface area (Å²) in [4.78, 5) is 2.46. The SMILES string of the molecule is CNCC1CCN(C(C)C)C1c1ccc(F)cc1Cl. The normalized spacial score (nSPS) is 24.3. The second-order valence-corrected chi connectivity index (χ2v) is 5.96. The molecule has 106 valence electrons. The molecule has 1 heterocycles. The molecule has 2 unspecified atom stereocenters. The quantitative estimate of drug-likeness (QED) is 0.911. The molecule has 0 radical (unpaired) electrons. The highest BCUT2D eigenvalue weighted by atomic mass is 35.5. The fourth-order valence-corrected chi connectivity index (χ4v) is 3.39. The highest BCUT2D eigenvalue weighted by Gasteiger charge is 2.37. The molecule has 1 saturated heterocycles. The summed E-state index contributed by atoms with van der Waals surface area (Å²) in [5.41, 5.74) is 1.05. The molecule has 1 aromatic carbocycles. The van der Waals surface area contributed by atoms with Crippen molar-refractivity contribution < 1.29 is 4.39 Å². The Labute approximate surface area is 119 Å². The Bertz CT molecular complexity index is 436. The number of likely N-dealkylation sites (tertiary alicyclic amines) is 1. The van der Waals surface area contributed by atoms with Crippen molar-refractivity contribution in [1.29, 1.82) is 0 Å². The largest absolute Gasteiger partial charge is 0.319 e. The average Bonchev–Trinajstić information content (AvgIpc) is 2.73. The molecule has 0 saturated carbocycles. The Morgan fingerprint density at radius 3 is 2.79 bits per heavy atom. The van der Waals surface area contributed by atoms with Crippen molar-refractivity contribution in [3.05, 3.63) is 34.6 Å².